The lowest BCUT2D eigenvalue weighted by Crippen LogP contribution is -2.37. The summed E-state index contributed by atoms with van der Waals surface area (Å²) in [6, 6.07) is 6.37. The van der Waals surface area contributed by atoms with Crippen molar-refractivity contribution in [1.29, 1.82) is 0 Å². The molecule has 1 unspecified atom stereocenters. The van der Waals surface area contributed by atoms with Crippen molar-refractivity contribution in [3.8, 4) is 0 Å². The first-order chi connectivity index (χ1) is 11.7. The van der Waals surface area contributed by atoms with Crippen molar-refractivity contribution in [2.24, 2.45) is 0 Å². The van der Waals surface area contributed by atoms with Gasteiger partial charge in [-0.25, -0.2) is 4.79 Å². The van der Waals surface area contributed by atoms with Gasteiger partial charge in [0.1, 0.15) is 6.33 Å². The largest absolute Gasteiger partial charge is 0.332 e. The maximum Gasteiger partial charge on any atom is 0.315 e. The van der Waals surface area contributed by atoms with Crippen LogP contribution in [0.2, 0.25) is 0 Å². The fourth-order valence-corrected chi connectivity index (χ4v) is 3.19. The topological polar surface area (TPSA) is 71.8 Å². The summed E-state index contributed by atoms with van der Waals surface area (Å²) in [7, 11) is 0. The molecule has 2 aromatic rings. The lowest BCUT2D eigenvalue weighted by atomic mass is 9.89. The van der Waals surface area contributed by atoms with Gasteiger partial charge in [0.2, 0.25) is 0 Å². The lowest BCUT2D eigenvalue weighted by Gasteiger charge is -2.20. The van der Waals surface area contributed by atoms with Crippen molar-refractivity contribution in [2.45, 2.75) is 58.7 Å². The second-order valence-corrected chi connectivity index (χ2v) is 6.32. The minimum Gasteiger partial charge on any atom is -0.332 e. The van der Waals surface area contributed by atoms with Gasteiger partial charge in [0.15, 0.2) is 5.82 Å². The van der Waals surface area contributed by atoms with Gasteiger partial charge < -0.3 is 15.2 Å². The molecule has 0 saturated carbocycles. The average Bonchev–Trinajstić information content (AvgIpc) is 3.07. The van der Waals surface area contributed by atoms with Gasteiger partial charge in [-0.05, 0) is 56.2 Å². The van der Waals surface area contributed by atoms with Crippen LogP contribution in [0.15, 0.2) is 24.5 Å². The van der Waals surface area contributed by atoms with Crippen molar-refractivity contribution in [3.63, 3.8) is 0 Å². The van der Waals surface area contributed by atoms with Crippen LogP contribution in [0.1, 0.15) is 55.2 Å². The highest BCUT2D eigenvalue weighted by molar-refractivity contribution is 5.74. The summed E-state index contributed by atoms with van der Waals surface area (Å²) in [6.07, 6.45) is 6.54. The smallest absolute Gasteiger partial charge is 0.315 e. The third-order valence-electron chi connectivity index (χ3n) is 4.66. The zero-order valence-electron chi connectivity index (χ0n) is 14.4. The summed E-state index contributed by atoms with van der Waals surface area (Å²) in [5.74, 6) is 0.758. The molecule has 3 rings (SSSR count). The second kappa shape index (κ2) is 7.47. The number of rotatable bonds is 5. The van der Waals surface area contributed by atoms with Crippen LogP contribution in [0.5, 0.6) is 0 Å². The van der Waals surface area contributed by atoms with E-state index in [2.05, 4.69) is 39.0 Å². The van der Waals surface area contributed by atoms with Crippen LogP contribution in [0.4, 0.5) is 4.79 Å². The molecular formula is C18H25N5O. The van der Waals surface area contributed by atoms with Gasteiger partial charge >= 0.3 is 6.03 Å². The summed E-state index contributed by atoms with van der Waals surface area (Å²) < 4.78 is 1.91. The van der Waals surface area contributed by atoms with Gasteiger partial charge in [-0.1, -0.05) is 18.2 Å². The number of nitrogens with one attached hydrogen (secondary N) is 2. The number of urea groups is 1. The van der Waals surface area contributed by atoms with Gasteiger partial charge in [0.25, 0.3) is 0 Å². The Morgan fingerprint density at radius 2 is 2.08 bits per heavy atom. The number of carbonyl (C=O) groups excluding carboxylic acids is 1. The molecule has 1 aromatic carbocycles. The minimum absolute atomic E-state index is 0.0266. The first-order valence-corrected chi connectivity index (χ1v) is 8.70. The molecule has 24 heavy (non-hydrogen) atoms. The molecule has 0 fully saturated rings. The van der Waals surface area contributed by atoms with E-state index in [4.69, 9.17) is 0 Å². The number of benzene rings is 1. The van der Waals surface area contributed by atoms with E-state index >= 15 is 0 Å². The summed E-state index contributed by atoms with van der Waals surface area (Å²) in [5, 5.41) is 13.7. The maximum absolute atomic E-state index is 12.1. The van der Waals surface area contributed by atoms with Gasteiger partial charge in [0.05, 0.1) is 12.6 Å². The molecule has 6 heteroatoms. The number of carbonyl (C=O) groups is 1. The van der Waals surface area contributed by atoms with Crippen LogP contribution in [0.25, 0.3) is 0 Å². The van der Waals surface area contributed by atoms with E-state index in [-0.39, 0.29) is 12.1 Å². The predicted octanol–water partition coefficient (Wildman–Crippen LogP) is 2.74. The Morgan fingerprint density at radius 1 is 1.29 bits per heavy atom. The van der Waals surface area contributed by atoms with E-state index in [1.54, 1.807) is 6.33 Å². The van der Waals surface area contributed by atoms with E-state index in [1.165, 1.54) is 30.4 Å². The highest BCUT2D eigenvalue weighted by atomic mass is 16.2. The third kappa shape index (κ3) is 3.75. The number of aryl methyl sites for hydroxylation is 3. The van der Waals surface area contributed by atoms with Gasteiger partial charge in [0, 0.05) is 6.54 Å². The lowest BCUT2D eigenvalue weighted by molar-refractivity contribution is 0.237. The summed E-state index contributed by atoms with van der Waals surface area (Å²) in [4.78, 5) is 12.1. The molecule has 0 bridgehead atoms. The van der Waals surface area contributed by atoms with E-state index in [0.717, 1.165) is 24.4 Å². The predicted molar refractivity (Wildman–Crippen MR) is 92.6 cm³/mol. The van der Waals surface area contributed by atoms with Crippen molar-refractivity contribution >= 4 is 6.03 Å². The Hall–Kier alpha value is -2.37. The maximum atomic E-state index is 12.1. The van der Waals surface area contributed by atoms with Crippen molar-refractivity contribution in [2.75, 3.05) is 0 Å². The normalized spacial score (nSPS) is 14.8. The molecule has 128 valence electrons. The van der Waals surface area contributed by atoms with Gasteiger partial charge in [-0.15, -0.1) is 10.2 Å². The molecule has 1 aliphatic carbocycles. The zero-order valence-corrected chi connectivity index (χ0v) is 14.4. The van der Waals surface area contributed by atoms with Gasteiger partial charge in [-0.2, -0.15) is 0 Å². The average molecular weight is 327 g/mol. The third-order valence-corrected chi connectivity index (χ3v) is 4.66. The SMILES string of the molecule is CCn1cnnc1CNC(=O)NC(C)c1ccc2c(c1)CCCC2. The zero-order chi connectivity index (χ0) is 16.9. The molecule has 2 amide bonds. The number of fused-ring (bicyclic) bond motifs is 1. The summed E-state index contributed by atoms with van der Waals surface area (Å²) in [6.45, 7) is 5.19. The fourth-order valence-electron chi connectivity index (χ4n) is 3.19. The molecule has 0 spiro atoms. The van der Waals surface area contributed by atoms with E-state index in [9.17, 15) is 4.79 Å². The number of nitrogens with zero attached hydrogens (tertiary/aromatic N) is 3. The number of hydrogen-bond donors (Lipinski definition) is 2. The van der Waals surface area contributed by atoms with E-state index < -0.39 is 0 Å². The minimum atomic E-state index is -0.189. The van der Waals surface area contributed by atoms with Crippen LogP contribution in [0.3, 0.4) is 0 Å². The van der Waals surface area contributed by atoms with Crippen molar-refractivity contribution < 1.29 is 4.79 Å². The fraction of sp³-hybridized carbons (Fsp3) is 0.500. The molecular weight excluding hydrogens is 302 g/mol. The summed E-state index contributed by atoms with van der Waals surface area (Å²) >= 11 is 0. The Labute approximate surface area is 142 Å². The Balaban J connectivity index is 1.56. The molecule has 0 saturated heterocycles. The molecule has 1 aromatic heterocycles. The van der Waals surface area contributed by atoms with Crippen LogP contribution in [-0.2, 0) is 25.9 Å². The number of aromatic nitrogens is 3. The second-order valence-electron chi connectivity index (χ2n) is 6.32. The number of amides is 2. The monoisotopic (exact) mass is 327 g/mol. The quantitative estimate of drug-likeness (QED) is 0.887. The summed E-state index contributed by atoms with van der Waals surface area (Å²) in [5.41, 5.74) is 4.05. The highest BCUT2D eigenvalue weighted by Gasteiger charge is 2.14. The van der Waals surface area contributed by atoms with Crippen LogP contribution in [0, 0.1) is 0 Å². The van der Waals surface area contributed by atoms with Crippen molar-refractivity contribution in [1.82, 2.24) is 25.4 Å². The van der Waals surface area contributed by atoms with Crippen LogP contribution >= 0.6 is 0 Å². The molecule has 1 heterocycles. The Morgan fingerprint density at radius 3 is 2.88 bits per heavy atom. The van der Waals surface area contributed by atoms with Crippen LogP contribution < -0.4 is 10.6 Å². The van der Waals surface area contributed by atoms with E-state index in [1.807, 2.05) is 18.4 Å². The Bertz CT molecular complexity index is 709. The molecule has 1 aliphatic rings. The van der Waals surface area contributed by atoms with Crippen LogP contribution in [-0.4, -0.2) is 20.8 Å². The van der Waals surface area contributed by atoms with Gasteiger partial charge in [-0.3, -0.25) is 0 Å². The number of hydrogen-bond acceptors (Lipinski definition) is 3. The molecule has 0 aliphatic heterocycles. The standard InChI is InChI=1S/C18H25N5O/c1-3-23-12-20-22-17(23)11-19-18(24)21-13(2)15-9-8-14-6-4-5-7-16(14)10-15/h8-10,12-13H,3-7,11H2,1-2H3,(H2,19,21,24). The van der Waals surface area contributed by atoms with Crippen molar-refractivity contribution in [3.05, 3.63) is 47.0 Å². The molecule has 1 atom stereocenters. The first kappa shape index (κ1) is 16.5. The first-order valence-electron chi connectivity index (χ1n) is 8.70. The Kier molecular flexibility index (Phi) is 5.13. The molecule has 2 N–H and O–H groups in total. The molecule has 6 nitrogen and oxygen atoms in total. The highest BCUT2D eigenvalue weighted by Crippen LogP contribution is 2.24. The van der Waals surface area contributed by atoms with E-state index in [0.29, 0.717) is 6.54 Å². The molecule has 0 radical (unpaired) electrons.